The minimum atomic E-state index is -0.380. The van der Waals surface area contributed by atoms with Crippen LogP contribution in [0, 0.1) is 5.92 Å². The third-order valence-electron chi connectivity index (χ3n) is 6.98. The summed E-state index contributed by atoms with van der Waals surface area (Å²) in [7, 11) is 1.59. The topological polar surface area (TPSA) is 107 Å². The van der Waals surface area contributed by atoms with Gasteiger partial charge in [-0.05, 0) is 43.2 Å². The summed E-state index contributed by atoms with van der Waals surface area (Å²) >= 11 is 0. The van der Waals surface area contributed by atoms with E-state index in [0.717, 1.165) is 24.1 Å². The molecule has 0 spiro atoms. The van der Waals surface area contributed by atoms with Gasteiger partial charge in [-0.15, -0.1) is 10.2 Å². The highest BCUT2D eigenvalue weighted by Gasteiger charge is 2.39. The van der Waals surface area contributed by atoms with E-state index in [0.29, 0.717) is 48.7 Å². The maximum Gasteiger partial charge on any atom is 0.247 e. The Hall–Kier alpha value is -4.08. The van der Waals surface area contributed by atoms with Crippen molar-refractivity contribution in [2.24, 2.45) is 5.92 Å². The molecule has 1 aromatic heterocycles. The number of piperidine rings is 1. The first kappa shape index (κ1) is 22.4. The number of benzene rings is 2. The maximum absolute atomic E-state index is 13.4. The van der Waals surface area contributed by atoms with Crippen molar-refractivity contribution in [3.63, 3.8) is 0 Å². The van der Waals surface area contributed by atoms with Gasteiger partial charge in [0, 0.05) is 43.4 Å². The van der Waals surface area contributed by atoms with E-state index in [1.54, 1.807) is 12.0 Å². The Balaban J connectivity index is 1.13. The number of likely N-dealkylation sites (tertiary alicyclic amines) is 1. The molecule has 3 aliphatic heterocycles. The van der Waals surface area contributed by atoms with Crippen LogP contribution in [0.1, 0.15) is 31.1 Å². The van der Waals surface area contributed by atoms with E-state index < -0.39 is 0 Å². The second-order valence-corrected chi connectivity index (χ2v) is 9.24. The van der Waals surface area contributed by atoms with Crippen LogP contribution in [0.15, 0.2) is 46.9 Å². The minimum absolute atomic E-state index is 0.00560. The van der Waals surface area contributed by atoms with Crippen molar-refractivity contribution in [3.05, 3.63) is 48.4 Å². The number of carbonyl (C=O) groups excluding carboxylic acids is 2. The fraction of sp³-hybridized carbons (Fsp3) is 0.385. The molecule has 6 rings (SSSR count). The number of carbonyl (C=O) groups is 2. The van der Waals surface area contributed by atoms with Crippen molar-refractivity contribution in [1.29, 1.82) is 0 Å². The lowest BCUT2D eigenvalue weighted by Crippen LogP contribution is -2.43. The molecule has 36 heavy (non-hydrogen) atoms. The zero-order valence-electron chi connectivity index (χ0n) is 19.9. The standard InChI is InChI=1S/C26H26N4O6/c1-33-20-6-2-5-19(12-20)30-14-18(11-23(30)31)26(32)29-9-3-4-17(13-29)25-28-27-24(36-25)16-7-8-21-22(10-16)35-15-34-21/h2,5-8,10,12,17-18H,3-4,9,11,13-15H2,1H3. The molecule has 0 N–H and O–H groups in total. The van der Waals surface area contributed by atoms with Crippen LogP contribution in [0.25, 0.3) is 11.5 Å². The van der Waals surface area contributed by atoms with Gasteiger partial charge in [0.15, 0.2) is 11.5 Å². The Morgan fingerprint density at radius 2 is 1.97 bits per heavy atom. The van der Waals surface area contributed by atoms with Crippen LogP contribution in [0.3, 0.4) is 0 Å². The second kappa shape index (κ2) is 9.18. The molecule has 186 valence electrons. The molecular formula is C26H26N4O6. The van der Waals surface area contributed by atoms with Crippen molar-refractivity contribution in [1.82, 2.24) is 15.1 Å². The molecule has 2 saturated heterocycles. The molecule has 2 atom stereocenters. The van der Waals surface area contributed by atoms with E-state index in [1.807, 2.05) is 47.4 Å². The molecule has 0 saturated carbocycles. The van der Waals surface area contributed by atoms with Crippen LogP contribution in [0.2, 0.25) is 0 Å². The Kier molecular flexibility index (Phi) is 5.71. The predicted molar refractivity (Wildman–Crippen MR) is 128 cm³/mol. The number of ether oxygens (including phenoxy) is 3. The summed E-state index contributed by atoms with van der Waals surface area (Å²) in [5.41, 5.74) is 1.50. The molecule has 0 radical (unpaired) electrons. The molecule has 10 nitrogen and oxygen atoms in total. The second-order valence-electron chi connectivity index (χ2n) is 9.24. The number of methoxy groups -OCH3 is 1. The summed E-state index contributed by atoms with van der Waals surface area (Å²) in [6.07, 6.45) is 1.89. The number of rotatable bonds is 5. The Morgan fingerprint density at radius 1 is 1.08 bits per heavy atom. The predicted octanol–water partition coefficient (Wildman–Crippen LogP) is 3.23. The Bertz CT molecular complexity index is 1310. The van der Waals surface area contributed by atoms with Crippen molar-refractivity contribution in [3.8, 4) is 28.7 Å². The maximum atomic E-state index is 13.4. The molecule has 2 fully saturated rings. The minimum Gasteiger partial charge on any atom is -0.497 e. The van der Waals surface area contributed by atoms with Gasteiger partial charge in [0.2, 0.25) is 30.4 Å². The number of aromatic nitrogens is 2. The number of nitrogens with zero attached hydrogens (tertiary/aromatic N) is 4. The number of hydrogen-bond acceptors (Lipinski definition) is 8. The first-order valence-corrected chi connectivity index (χ1v) is 12.1. The van der Waals surface area contributed by atoms with Gasteiger partial charge in [-0.1, -0.05) is 6.07 Å². The largest absolute Gasteiger partial charge is 0.497 e. The van der Waals surface area contributed by atoms with E-state index in [9.17, 15) is 9.59 Å². The van der Waals surface area contributed by atoms with Gasteiger partial charge in [0.05, 0.1) is 18.9 Å². The van der Waals surface area contributed by atoms with E-state index >= 15 is 0 Å². The van der Waals surface area contributed by atoms with Crippen LogP contribution in [0.5, 0.6) is 17.2 Å². The highest BCUT2D eigenvalue weighted by atomic mass is 16.7. The van der Waals surface area contributed by atoms with E-state index in [4.69, 9.17) is 18.6 Å². The van der Waals surface area contributed by atoms with Gasteiger partial charge in [-0.25, -0.2) is 0 Å². The molecule has 2 amide bonds. The lowest BCUT2D eigenvalue weighted by Gasteiger charge is -2.32. The quantitative estimate of drug-likeness (QED) is 0.537. The summed E-state index contributed by atoms with van der Waals surface area (Å²) < 4.78 is 22.1. The molecule has 0 aliphatic carbocycles. The van der Waals surface area contributed by atoms with E-state index in [2.05, 4.69) is 10.2 Å². The first-order valence-electron chi connectivity index (χ1n) is 12.1. The Labute approximate surface area is 207 Å². The highest BCUT2D eigenvalue weighted by molar-refractivity contribution is 6.00. The third kappa shape index (κ3) is 4.12. The normalized spacial score (nSPS) is 21.2. The average Bonchev–Trinajstić information content (AvgIpc) is 3.67. The van der Waals surface area contributed by atoms with Crippen molar-refractivity contribution in [2.75, 3.05) is 38.4 Å². The Morgan fingerprint density at radius 3 is 2.86 bits per heavy atom. The van der Waals surface area contributed by atoms with Gasteiger partial charge < -0.3 is 28.4 Å². The zero-order chi connectivity index (χ0) is 24.6. The summed E-state index contributed by atoms with van der Waals surface area (Å²) in [5.74, 6) is 2.44. The molecule has 3 aliphatic rings. The summed E-state index contributed by atoms with van der Waals surface area (Å²) in [6, 6.07) is 12.8. The smallest absolute Gasteiger partial charge is 0.247 e. The SMILES string of the molecule is COc1cccc(N2CC(C(=O)N3CCCC(c4nnc(-c5ccc6c(c5)OCO6)o4)C3)CC2=O)c1. The monoisotopic (exact) mass is 490 g/mol. The molecule has 0 bridgehead atoms. The lowest BCUT2D eigenvalue weighted by atomic mass is 9.96. The molecule has 2 unspecified atom stereocenters. The van der Waals surface area contributed by atoms with Crippen molar-refractivity contribution in [2.45, 2.75) is 25.2 Å². The molecule has 10 heteroatoms. The van der Waals surface area contributed by atoms with E-state index in [-0.39, 0.29) is 36.9 Å². The lowest BCUT2D eigenvalue weighted by molar-refractivity contribution is -0.137. The number of fused-ring (bicyclic) bond motifs is 1. The molecule has 3 aromatic rings. The van der Waals surface area contributed by atoms with Crippen LogP contribution >= 0.6 is 0 Å². The third-order valence-corrected chi connectivity index (χ3v) is 6.98. The number of hydrogen-bond donors (Lipinski definition) is 0. The first-order chi connectivity index (χ1) is 17.6. The van der Waals surface area contributed by atoms with Crippen LogP contribution < -0.4 is 19.1 Å². The fourth-order valence-electron chi connectivity index (χ4n) is 5.08. The van der Waals surface area contributed by atoms with Crippen molar-refractivity contribution < 1.29 is 28.2 Å². The summed E-state index contributed by atoms with van der Waals surface area (Å²) in [5, 5.41) is 8.50. The van der Waals surface area contributed by atoms with Crippen LogP contribution in [0.4, 0.5) is 5.69 Å². The molecular weight excluding hydrogens is 464 g/mol. The summed E-state index contributed by atoms with van der Waals surface area (Å²) in [6.45, 7) is 1.71. The van der Waals surface area contributed by atoms with Gasteiger partial charge in [-0.2, -0.15) is 0 Å². The number of amides is 2. The van der Waals surface area contributed by atoms with Crippen molar-refractivity contribution >= 4 is 17.5 Å². The fourth-order valence-corrected chi connectivity index (χ4v) is 5.08. The van der Waals surface area contributed by atoms with Crippen LogP contribution in [-0.2, 0) is 9.59 Å². The summed E-state index contributed by atoms with van der Waals surface area (Å²) in [4.78, 5) is 29.6. The van der Waals surface area contributed by atoms with E-state index in [1.165, 1.54) is 0 Å². The van der Waals surface area contributed by atoms with Gasteiger partial charge in [-0.3, -0.25) is 9.59 Å². The van der Waals surface area contributed by atoms with Gasteiger partial charge in [0.1, 0.15) is 5.75 Å². The molecule has 2 aromatic carbocycles. The molecule has 4 heterocycles. The van der Waals surface area contributed by atoms with Gasteiger partial charge in [0.25, 0.3) is 0 Å². The number of anilines is 1. The zero-order valence-corrected chi connectivity index (χ0v) is 19.9. The van der Waals surface area contributed by atoms with Gasteiger partial charge >= 0.3 is 0 Å². The van der Waals surface area contributed by atoms with Crippen LogP contribution in [-0.4, -0.2) is 60.4 Å². The highest BCUT2D eigenvalue weighted by Crippen LogP contribution is 2.37. The average molecular weight is 491 g/mol.